The molecule has 0 radical (unpaired) electrons. The van der Waals surface area contributed by atoms with Crippen molar-refractivity contribution >= 4 is 22.6 Å². The number of hydrogen-bond acceptors (Lipinski definition) is 0. The molecule has 0 aliphatic rings. The molecular formula is C9H19I. The third kappa shape index (κ3) is 6.84. The van der Waals surface area contributed by atoms with Gasteiger partial charge < -0.3 is 0 Å². The van der Waals surface area contributed by atoms with E-state index in [1.165, 1.54) is 12.8 Å². The molecule has 0 aliphatic heterocycles. The van der Waals surface area contributed by atoms with E-state index >= 15 is 0 Å². The van der Waals surface area contributed by atoms with Crippen molar-refractivity contribution in [2.75, 3.05) is 0 Å². The lowest BCUT2D eigenvalue weighted by molar-refractivity contribution is 0.418. The Labute approximate surface area is 78.9 Å². The quantitative estimate of drug-likeness (QED) is 0.527. The topological polar surface area (TPSA) is 0 Å². The minimum Gasteiger partial charge on any atom is -0.0829 e. The van der Waals surface area contributed by atoms with Crippen LogP contribution in [0.1, 0.15) is 40.5 Å². The molecule has 0 heterocycles. The second kappa shape index (κ2) is 5.39. The molecule has 1 heteroatoms. The SMILES string of the molecule is CC(C)CC(C)CC(C)I. The molecule has 0 nitrogen and oxygen atoms in total. The molecule has 0 amide bonds. The molecule has 0 aromatic rings. The fourth-order valence-corrected chi connectivity index (χ4v) is 2.32. The van der Waals surface area contributed by atoms with Gasteiger partial charge in [0.25, 0.3) is 0 Å². The van der Waals surface area contributed by atoms with Crippen molar-refractivity contribution in [3.05, 3.63) is 0 Å². The number of alkyl halides is 1. The van der Waals surface area contributed by atoms with Crippen LogP contribution in [0, 0.1) is 11.8 Å². The van der Waals surface area contributed by atoms with E-state index in [-0.39, 0.29) is 0 Å². The van der Waals surface area contributed by atoms with Gasteiger partial charge in [-0.2, -0.15) is 0 Å². The van der Waals surface area contributed by atoms with Crippen LogP contribution in [0.25, 0.3) is 0 Å². The predicted octanol–water partition coefficient (Wildman–Crippen LogP) is 3.88. The van der Waals surface area contributed by atoms with Gasteiger partial charge in [0.05, 0.1) is 0 Å². The first-order chi connectivity index (χ1) is 4.52. The van der Waals surface area contributed by atoms with Gasteiger partial charge in [-0.3, -0.25) is 0 Å². The maximum Gasteiger partial charge on any atom is 0.00838 e. The van der Waals surface area contributed by atoms with E-state index in [4.69, 9.17) is 0 Å². The maximum atomic E-state index is 2.50. The first-order valence-electron chi connectivity index (χ1n) is 4.16. The highest BCUT2D eigenvalue weighted by Gasteiger charge is 2.07. The largest absolute Gasteiger partial charge is 0.0829 e. The molecule has 0 spiro atoms. The smallest absolute Gasteiger partial charge is 0.00838 e. The van der Waals surface area contributed by atoms with Crippen molar-refractivity contribution in [2.24, 2.45) is 11.8 Å². The van der Waals surface area contributed by atoms with Crippen LogP contribution in [0.2, 0.25) is 0 Å². The standard InChI is InChI=1S/C9H19I/c1-7(2)5-8(3)6-9(4)10/h7-9H,5-6H2,1-4H3. The second-order valence-corrected chi connectivity index (χ2v) is 5.88. The van der Waals surface area contributed by atoms with Crippen LogP contribution in [0.3, 0.4) is 0 Å². The van der Waals surface area contributed by atoms with Gasteiger partial charge in [-0.25, -0.2) is 0 Å². The van der Waals surface area contributed by atoms with Crippen LogP contribution in [-0.4, -0.2) is 3.92 Å². The van der Waals surface area contributed by atoms with Crippen molar-refractivity contribution in [1.82, 2.24) is 0 Å². The summed E-state index contributed by atoms with van der Waals surface area (Å²) in [7, 11) is 0. The highest BCUT2D eigenvalue weighted by molar-refractivity contribution is 14.1. The molecule has 2 atom stereocenters. The zero-order valence-corrected chi connectivity index (χ0v) is 9.68. The zero-order valence-electron chi connectivity index (χ0n) is 7.52. The molecule has 0 saturated heterocycles. The summed E-state index contributed by atoms with van der Waals surface area (Å²) in [4.78, 5) is 0. The molecule has 2 unspecified atom stereocenters. The Morgan fingerprint density at radius 3 is 1.80 bits per heavy atom. The molecule has 0 aromatic heterocycles. The Kier molecular flexibility index (Phi) is 5.78. The first-order valence-corrected chi connectivity index (χ1v) is 5.41. The van der Waals surface area contributed by atoms with Crippen LogP contribution in [-0.2, 0) is 0 Å². The average Bonchev–Trinajstić information content (AvgIpc) is 1.58. The third-order valence-electron chi connectivity index (χ3n) is 1.60. The molecule has 0 aliphatic carbocycles. The summed E-state index contributed by atoms with van der Waals surface area (Å²) in [5.41, 5.74) is 0. The van der Waals surface area contributed by atoms with E-state index in [9.17, 15) is 0 Å². The van der Waals surface area contributed by atoms with Crippen LogP contribution >= 0.6 is 22.6 Å². The second-order valence-electron chi connectivity index (χ2n) is 3.75. The fourth-order valence-electron chi connectivity index (χ4n) is 1.46. The molecule has 0 rings (SSSR count). The summed E-state index contributed by atoms with van der Waals surface area (Å²) in [5.74, 6) is 1.78. The Balaban J connectivity index is 3.34. The fraction of sp³-hybridized carbons (Fsp3) is 1.00. The minimum atomic E-state index is 0.839. The lowest BCUT2D eigenvalue weighted by atomic mass is 9.95. The lowest BCUT2D eigenvalue weighted by Crippen LogP contribution is -2.04. The number of hydrogen-bond donors (Lipinski definition) is 0. The van der Waals surface area contributed by atoms with Crippen molar-refractivity contribution in [3.8, 4) is 0 Å². The van der Waals surface area contributed by atoms with Gasteiger partial charge >= 0.3 is 0 Å². The molecule has 0 fully saturated rings. The number of rotatable bonds is 4. The van der Waals surface area contributed by atoms with Crippen molar-refractivity contribution in [2.45, 2.75) is 44.5 Å². The summed E-state index contributed by atoms with van der Waals surface area (Å²) >= 11 is 2.50. The van der Waals surface area contributed by atoms with E-state index in [1.54, 1.807) is 0 Å². The van der Waals surface area contributed by atoms with Crippen LogP contribution < -0.4 is 0 Å². The normalized spacial score (nSPS) is 17.4. The summed E-state index contributed by atoms with van der Waals surface area (Å²) in [6.07, 6.45) is 2.76. The molecule has 0 bridgehead atoms. The Bertz CT molecular complexity index is 66.8. The van der Waals surface area contributed by atoms with Gasteiger partial charge in [-0.1, -0.05) is 50.3 Å². The van der Waals surface area contributed by atoms with E-state index in [1.807, 2.05) is 0 Å². The van der Waals surface area contributed by atoms with Gasteiger partial charge in [-0.15, -0.1) is 0 Å². The average molecular weight is 254 g/mol. The highest BCUT2D eigenvalue weighted by Crippen LogP contribution is 2.19. The van der Waals surface area contributed by atoms with E-state index in [0.29, 0.717) is 0 Å². The van der Waals surface area contributed by atoms with E-state index in [0.717, 1.165) is 15.8 Å². The molecule has 0 saturated carbocycles. The van der Waals surface area contributed by atoms with Crippen LogP contribution in [0.15, 0.2) is 0 Å². The summed E-state index contributed by atoms with van der Waals surface area (Å²) in [6.45, 7) is 9.25. The monoisotopic (exact) mass is 254 g/mol. The van der Waals surface area contributed by atoms with Gasteiger partial charge in [0.1, 0.15) is 0 Å². The third-order valence-corrected chi connectivity index (χ3v) is 2.11. The summed E-state index contributed by atoms with van der Waals surface area (Å²) in [5, 5.41) is 0. The van der Waals surface area contributed by atoms with Gasteiger partial charge in [0.2, 0.25) is 0 Å². The van der Waals surface area contributed by atoms with Crippen LogP contribution in [0.5, 0.6) is 0 Å². The summed E-state index contributed by atoms with van der Waals surface area (Å²) < 4.78 is 0.839. The molecular weight excluding hydrogens is 235 g/mol. The molecule has 0 aromatic carbocycles. The Hall–Kier alpha value is 0.730. The zero-order chi connectivity index (χ0) is 8.15. The number of halogens is 1. The molecule has 0 N–H and O–H groups in total. The van der Waals surface area contributed by atoms with Gasteiger partial charge in [-0.05, 0) is 24.7 Å². The summed E-state index contributed by atoms with van der Waals surface area (Å²) in [6, 6.07) is 0. The highest BCUT2D eigenvalue weighted by atomic mass is 127. The predicted molar refractivity (Wildman–Crippen MR) is 56.7 cm³/mol. The van der Waals surface area contributed by atoms with E-state index in [2.05, 4.69) is 50.3 Å². The molecule has 10 heavy (non-hydrogen) atoms. The van der Waals surface area contributed by atoms with Crippen molar-refractivity contribution in [1.29, 1.82) is 0 Å². The molecule has 62 valence electrons. The van der Waals surface area contributed by atoms with Crippen molar-refractivity contribution in [3.63, 3.8) is 0 Å². The Morgan fingerprint density at radius 2 is 1.50 bits per heavy atom. The van der Waals surface area contributed by atoms with Crippen molar-refractivity contribution < 1.29 is 0 Å². The maximum absolute atomic E-state index is 2.50. The van der Waals surface area contributed by atoms with Gasteiger partial charge in [0, 0.05) is 3.92 Å². The van der Waals surface area contributed by atoms with Crippen LogP contribution in [0.4, 0.5) is 0 Å². The Morgan fingerprint density at radius 1 is 1.00 bits per heavy atom. The van der Waals surface area contributed by atoms with E-state index < -0.39 is 0 Å². The first kappa shape index (κ1) is 10.7. The minimum absolute atomic E-state index is 0.839. The lowest BCUT2D eigenvalue weighted by Gasteiger charge is -2.14. The van der Waals surface area contributed by atoms with Gasteiger partial charge in [0.15, 0.2) is 0 Å².